The molecule has 1 saturated carbocycles. The lowest BCUT2D eigenvalue weighted by Crippen LogP contribution is -2.35. The summed E-state index contributed by atoms with van der Waals surface area (Å²) in [4.78, 5) is 27.0. The van der Waals surface area contributed by atoms with Gasteiger partial charge in [-0.3, -0.25) is 9.59 Å². The number of rotatable bonds is 6. The van der Waals surface area contributed by atoms with Crippen LogP contribution in [0.3, 0.4) is 0 Å². The van der Waals surface area contributed by atoms with E-state index in [1.807, 2.05) is 12.1 Å². The Labute approximate surface area is 156 Å². The molecule has 0 aromatic heterocycles. The maximum absolute atomic E-state index is 12.5. The molecule has 5 nitrogen and oxygen atoms in total. The van der Waals surface area contributed by atoms with Crippen LogP contribution in [0.15, 0.2) is 24.3 Å². The largest absolute Gasteiger partial charge is 0.372 e. The van der Waals surface area contributed by atoms with E-state index in [0.29, 0.717) is 0 Å². The van der Waals surface area contributed by atoms with Gasteiger partial charge in [0.2, 0.25) is 11.8 Å². The molecular formula is C21H31N3O2. The summed E-state index contributed by atoms with van der Waals surface area (Å²) in [5.74, 6) is 0.336. The van der Waals surface area contributed by atoms with Crippen molar-refractivity contribution in [2.24, 2.45) is 11.8 Å². The van der Waals surface area contributed by atoms with Crippen LogP contribution in [0.5, 0.6) is 0 Å². The number of carbonyl (C=O) groups excluding carboxylic acids is 2. The van der Waals surface area contributed by atoms with Gasteiger partial charge in [0.1, 0.15) is 0 Å². The number of hydrogen-bond acceptors (Lipinski definition) is 3. The quantitative estimate of drug-likeness (QED) is 0.818. The molecule has 2 amide bonds. The molecule has 1 aromatic rings. The van der Waals surface area contributed by atoms with Gasteiger partial charge in [-0.15, -0.1) is 0 Å². The Bertz CT molecular complexity index is 600. The van der Waals surface area contributed by atoms with Crippen molar-refractivity contribution in [2.45, 2.75) is 51.9 Å². The molecule has 3 rings (SSSR count). The lowest BCUT2D eigenvalue weighted by molar-refractivity contribution is -0.128. The number of amides is 2. The van der Waals surface area contributed by atoms with E-state index in [-0.39, 0.29) is 23.7 Å². The molecule has 0 bridgehead atoms. The van der Waals surface area contributed by atoms with Crippen LogP contribution in [0.4, 0.5) is 11.4 Å². The van der Waals surface area contributed by atoms with Gasteiger partial charge in [-0.25, -0.2) is 0 Å². The van der Waals surface area contributed by atoms with Crippen LogP contribution >= 0.6 is 0 Å². The first-order valence-corrected chi connectivity index (χ1v) is 10.1. The lowest BCUT2D eigenvalue weighted by atomic mass is 9.81. The van der Waals surface area contributed by atoms with Gasteiger partial charge < -0.3 is 15.5 Å². The molecule has 2 aliphatic rings. The maximum Gasteiger partial charge on any atom is 0.227 e. The Morgan fingerprint density at radius 1 is 0.962 bits per heavy atom. The third kappa shape index (κ3) is 4.77. The van der Waals surface area contributed by atoms with Gasteiger partial charge in [0.15, 0.2) is 0 Å². The summed E-state index contributed by atoms with van der Waals surface area (Å²) in [6.07, 6.45) is 6.68. The first-order chi connectivity index (χ1) is 12.7. The van der Waals surface area contributed by atoms with Crippen molar-refractivity contribution in [3.8, 4) is 0 Å². The van der Waals surface area contributed by atoms with Crippen LogP contribution in [0.1, 0.15) is 51.9 Å². The molecular weight excluding hydrogens is 326 g/mol. The number of nitrogens with one attached hydrogen (secondary N) is 2. The number of anilines is 2. The second kappa shape index (κ2) is 9.06. The maximum atomic E-state index is 12.5. The summed E-state index contributed by atoms with van der Waals surface area (Å²) in [6, 6.07) is 8.18. The lowest BCUT2D eigenvalue weighted by Gasteiger charge is -2.27. The molecule has 1 heterocycles. The molecule has 2 fully saturated rings. The Hall–Kier alpha value is -2.04. The first-order valence-electron chi connectivity index (χ1n) is 10.1. The summed E-state index contributed by atoms with van der Waals surface area (Å²) in [5, 5.41) is 6.02. The van der Waals surface area contributed by atoms with Gasteiger partial charge in [0, 0.05) is 42.8 Å². The molecule has 0 spiro atoms. The van der Waals surface area contributed by atoms with E-state index < -0.39 is 0 Å². The minimum Gasteiger partial charge on any atom is -0.372 e. The van der Waals surface area contributed by atoms with Crippen molar-refractivity contribution >= 4 is 23.2 Å². The van der Waals surface area contributed by atoms with Gasteiger partial charge >= 0.3 is 0 Å². The SMILES string of the molecule is CCCNC(=O)C1CCC(C(=O)Nc2ccc(N3CCCC3)cc2)CC1. The molecule has 1 saturated heterocycles. The van der Waals surface area contributed by atoms with Crippen molar-refractivity contribution in [3.05, 3.63) is 24.3 Å². The zero-order chi connectivity index (χ0) is 18.4. The monoisotopic (exact) mass is 357 g/mol. The predicted octanol–water partition coefficient (Wildman–Crippen LogP) is 3.56. The van der Waals surface area contributed by atoms with E-state index in [9.17, 15) is 9.59 Å². The van der Waals surface area contributed by atoms with Crippen molar-refractivity contribution in [1.29, 1.82) is 0 Å². The first kappa shape index (κ1) is 18.7. The summed E-state index contributed by atoms with van der Waals surface area (Å²) >= 11 is 0. The highest BCUT2D eigenvalue weighted by molar-refractivity contribution is 5.93. The predicted molar refractivity (Wildman–Crippen MR) is 105 cm³/mol. The van der Waals surface area contributed by atoms with Gasteiger partial charge in [0.05, 0.1) is 0 Å². The third-order valence-corrected chi connectivity index (χ3v) is 5.62. The van der Waals surface area contributed by atoms with Crippen LogP contribution in [-0.2, 0) is 9.59 Å². The Balaban J connectivity index is 1.46. The van der Waals surface area contributed by atoms with E-state index in [1.165, 1.54) is 18.5 Å². The number of carbonyl (C=O) groups is 2. The van der Waals surface area contributed by atoms with Crippen molar-refractivity contribution in [2.75, 3.05) is 29.9 Å². The van der Waals surface area contributed by atoms with Crippen LogP contribution in [0.2, 0.25) is 0 Å². The topological polar surface area (TPSA) is 61.4 Å². The van der Waals surface area contributed by atoms with Crippen LogP contribution in [0.25, 0.3) is 0 Å². The fourth-order valence-corrected chi connectivity index (χ4v) is 3.99. The zero-order valence-corrected chi connectivity index (χ0v) is 15.8. The van der Waals surface area contributed by atoms with Gasteiger partial charge in [-0.2, -0.15) is 0 Å². The number of benzene rings is 1. The highest BCUT2D eigenvalue weighted by atomic mass is 16.2. The molecule has 5 heteroatoms. The van der Waals surface area contributed by atoms with E-state index in [1.54, 1.807) is 0 Å². The average Bonchev–Trinajstić information content (AvgIpc) is 3.21. The molecule has 2 N–H and O–H groups in total. The van der Waals surface area contributed by atoms with E-state index in [0.717, 1.165) is 57.4 Å². The molecule has 0 atom stereocenters. The van der Waals surface area contributed by atoms with Gasteiger partial charge in [-0.05, 0) is 69.2 Å². The number of nitrogens with zero attached hydrogens (tertiary/aromatic N) is 1. The molecule has 1 aliphatic carbocycles. The van der Waals surface area contributed by atoms with Gasteiger partial charge in [-0.1, -0.05) is 6.92 Å². The molecule has 26 heavy (non-hydrogen) atoms. The van der Waals surface area contributed by atoms with E-state index in [2.05, 4.69) is 34.6 Å². The molecule has 0 radical (unpaired) electrons. The molecule has 1 aromatic carbocycles. The zero-order valence-electron chi connectivity index (χ0n) is 15.8. The highest BCUT2D eigenvalue weighted by Gasteiger charge is 2.29. The van der Waals surface area contributed by atoms with E-state index in [4.69, 9.17) is 0 Å². The summed E-state index contributed by atoms with van der Waals surface area (Å²) in [6.45, 7) is 5.05. The second-order valence-electron chi connectivity index (χ2n) is 7.57. The average molecular weight is 357 g/mol. The number of hydrogen-bond donors (Lipinski definition) is 2. The smallest absolute Gasteiger partial charge is 0.227 e. The molecule has 142 valence electrons. The van der Waals surface area contributed by atoms with Crippen molar-refractivity contribution in [3.63, 3.8) is 0 Å². The standard InChI is InChI=1S/C21H31N3O2/c1-2-13-22-20(25)16-5-7-17(8-6-16)21(26)23-18-9-11-19(12-10-18)24-14-3-4-15-24/h9-12,16-17H,2-8,13-15H2,1H3,(H,22,25)(H,23,26). The Morgan fingerprint density at radius 2 is 1.54 bits per heavy atom. The minimum absolute atomic E-state index is 0.0171. The molecule has 1 aliphatic heterocycles. The summed E-state index contributed by atoms with van der Waals surface area (Å²) < 4.78 is 0. The Kier molecular flexibility index (Phi) is 6.53. The fourth-order valence-electron chi connectivity index (χ4n) is 3.99. The highest BCUT2D eigenvalue weighted by Crippen LogP contribution is 2.30. The normalized spacial score (nSPS) is 22.9. The molecule has 0 unspecified atom stereocenters. The van der Waals surface area contributed by atoms with Crippen LogP contribution in [0, 0.1) is 11.8 Å². The van der Waals surface area contributed by atoms with E-state index >= 15 is 0 Å². The van der Waals surface area contributed by atoms with Gasteiger partial charge in [0.25, 0.3) is 0 Å². The summed E-state index contributed by atoms with van der Waals surface area (Å²) in [5.41, 5.74) is 2.10. The van der Waals surface area contributed by atoms with Crippen molar-refractivity contribution < 1.29 is 9.59 Å². The van der Waals surface area contributed by atoms with Crippen LogP contribution < -0.4 is 15.5 Å². The fraction of sp³-hybridized carbons (Fsp3) is 0.619. The minimum atomic E-state index is 0.0171. The third-order valence-electron chi connectivity index (χ3n) is 5.62. The van der Waals surface area contributed by atoms with Crippen molar-refractivity contribution in [1.82, 2.24) is 5.32 Å². The van der Waals surface area contributed by atoms with Crippen LogP contribution in [-0.4, -0.2) is 31.4 Å². The summed E-state index contributed by atoms with van der Waals surface area (Å²) in [7, 11) is 0. The Morgan fingerprint density at radius 3 is 2.12 bits per heavy atom. The second-order valence-corrected chi connectivity index (χ2v) is 7.57.